The molecule has 11 heteroatoms. The van der Waals surface area contributed by atoms with Crippen LogP contribution in [0.3, 0.4) is 0 Å². The Kier molecular flexibility index (Phi) is 13.6. The lowest BCUT2D eigenvalue weighted by Crippen LogP contribution is -2.33. The number of nitrogens with one attached hydrogen (secondary N) is 3. The third-order valence-corrected chi connectivity index (χ3v) is 9.74. The standard InChI is InChI=1S/C37H55N7O4/c1-4-33-31(35(41-29-18-22-48-23-19-29)32-25-39-44(5-2)36(32)42-33)24-38-37(46)27-14-16-28(17-15-27)40-34(45)13-9-7-6-8-10-20-43-21-11-12-30(43)26-47-3/h14-17,25,29-30H,4-13,18-24,26H2,1-3H3,(H,38,46)(H,40,45)(H,41,42)/t30-/m1/s1. The third-order valence-electron chi connectivity index (χ3n) is 9.74. The van der Waals surface area contributed by atoms with Crippen LogP contribution in [0.25, 0.3) is 11.0 Å². The van der Waals surface area contributed by atoms with Gasteiger partial charge in [-0.15, -0.1) is 0 Å². The molecule has 2 aliphatic rings. The Balaban J connectivity index is 1.08. The van der Waals surface area contributed by atoms with Crippen LogP contribution in [-0.2, 0) is 33.8 Å². The van der Waals surface area contributed by atoms with Crippen LogP contribution in [0.2, 0.25) is 0 Å². The Morgan fingerprint density at radius 3 is 2.54 bits per heavy atom. The molecule has 2 aliphatic heterocycles. The highest BCUT2D eigenvalue weighted by Crippen LogP contribution is 2.31. The molecule has 2 aromatic heterocycles. The molecule has 0 saturated carbocycles. The molecule has 0 unspecified atom stereocenters. The van der Waals surface area contributed by atoms with Crippen molar-refractivity contribution in [3.8, 4) is 0 Å². The molecule has 2 amide bonds. The molecule has 48 heavy (non-hydrogen) atoms. The molecule has 1 aromatic carbocycles. The van der Waals surface area contributed by atoms with Crippen LogP contribution in [0.1, 0.15) is 99.7 Å². The summed E-state index contributed by atoms with van der Waals surface area (Å²) in [5.74, 6) is -0.159. The van der Waals surface area contributed by atoms with Gasteiger partial charge < -0.3 is 25.4 Å². The van der Waals surface area contributed by atoms with Crippen molar-refractivity contribution in [2.24, 2.45) is 0 Å². The number of fused-ring (bicyclic) bond motifs is 1. The van der Waals surface area contributed by atoms with Crippen LogP contribution >= 0.6 is 0 Å². The Labute approximate surface area is 285 Å². The first-order valence-corrected chi connectivity index (χ1v) is 18.1. The van der Waals surface area contributed by atoms with E-state index >= 15 is 0 Å². The number of likely N-dealkylation sites (tertiary alicyclic amines) is 1. The molecule has 0 radical (unpaired) electrons. The smallest absolute Gasteiger partial charge is 0.251 e. The summed E-state index contributed by atoms with van der Waals surface area (Å²) >= 11 is 0. The molecule has 0 spiro atoms. The van der Waals surface area contributed by atoms with Crippen molar-refractivity contribution in [2.45, 2.75) is 110 Å². The first-order valence-electron chi connectivity index (χ1n) is 18.1. The highest BCUT2D eigenvalue weighted by Gasteiger charge is 2.24. The monoisotopic (exact) mass is 661 g/mol. The van der Waals surface area contributed by atoms with Crippen LogP contribution in [0.15, 0.2) is 30.5 Å². The molecular formula is C37H55N7O4. The van der Waals surface area contributed by atoms with E-state index in [1.54, 1.807) is 31.4 Å². The Morgan fingerprint density at radius 2 is 1.79 bits per heavy atom. The predicted molar refractivity (Wildman–Crippen MR) is 190 cm³/mol. The summed E-state index contributed by atoms with van der Waals surface area (Å²) in [6.45, 7) is 9.88. The Hall–Kier alpha value is -3.54. The molecule has 2 fully saturated rings. The van der Waals surface area contributed by atoms with Gasteiger partial charge in [-0.25, -0.2) is 9.67 Å². The zero-order valence-electron chi connectivity index (χ0n) is 29.2. The minimum atomic E-state index is -0.171. The van der Waals surface area contributed by atoms with E-state index < -0.39 is 0 Å². The fourth-order valence-electron chi connectivity index (χ4n) is 7.00. The van der Waals surface area contributed by atoms with Crippen molar-refractivity contribution < 1.29 is 19.1 Å². The number of anilines is 2. The van der Waals surface area contributed by atoms with Crippen molar-refractivity contribution in [1.29, 1.82) is 0 Å². The van der Waals surface area contributed by atoms with Gasteiger partial charge in [0.1, 0.15) is 0 Å². The highest BCUT2D eigenvalue weighted by molar-refractivity contribution is 5.96. The molecule has 262 valence electrons. The summed E-state index contributed by atoms with van der Waals surface area (Å²) in [6.07, 6.45) is 13.0. The number of rotatable bonds is 18. The third kappa shape index (κ3) is 9.54. The summed E-state index contributed by atoms with van der Waals surface area (Å²) in [5.41, 5.74) is 5.04. The molecule has 0 bridgehead atoms. The normalized spacial score (nSPS) is 17.2. The van der Waals surface area contributed by atoms with Crippen molar-refractivity contribution in [2.75, 3.05) is 50.7 Å². The number of carbonyl (C=O) groups is 2. The number of amides is 2. The number of hydrogen-bond acceptors (Lipinski definition) is 8. The van der Waals surface area contributed by atoms with Crippen LogP contribution in [0.5, 0.6) is 0 Å². The van der Waals surface area contributed by atoms with Crippen molar-refractivity contribution in [3.63, 3.8) is 0 Å². The van der Waals surface area contributed by atoms with E-state index in [9.17, 15) is 9.59 Å². The van der Waals surface area contributed by atoms with E-state index in [0.29, 0.717) is 30.3 Å². The second-order valence-corrected chi connectivity index (χ2v) is 13.1. The first kappa shape index (κ1) is 35.8. The van der Waals surface area contributed by atoms with Crippen molar-refractivity contribution in [1.82, 2.24) is 25.0 Å². The van der Waals surface area contributed by atoms with E-state index in [1.807, 2.05) is 10.9 Å². The maximum absolute atomic E-state index is 13.3. The van der Waals surface area contributed by atoms with E-state index in [-0.39, 0.29) is 17.9 Å². The van der Waals surface area contributed by atoms with E-state index in [1.165, 1.54) is 32.2 Å². The van der Waals surface area contributed by atoms with Crippen LogP contribution in [-0.4, -0.2) is 83.6 Å². The van der Waals surface area contributed by atoms with E-state index in [0.717, 1.165) is 99.4 Å². The van der Waals surface area contributed by atoms with Crippen LogP contribution in [0, 0.1) is 0 Å². The molecule has 4 heterocycles. The summed E-state index contributed by atoms with van der Waals surface area (Å²) < 4.78 is 12.9. The number of methoxy groups -OCH3 is 1. The quantitative estimate of drug-likeness (QED) is 0.144. The maximum atomic E-state index is 13.3. The van der Waals surface area contributed by atoms with E-state index in [2.05, 4.69) is 39.8 Å². The fourth-order valence-corrected chi connectivity index (χ4v) is 7.00. The molecule has 11 nitrogen and oxygen atoms in total. The molecule has 2 saturated heterocycles. The summed E-state index contributed by atoms with van der Waals surface area (Å²) in [7, 11) is 1.79. The van der Waals surface area contributed by atoms with Gasteiger partial charge in [0.25, 0.3) is 5.91 Å². The largest absolute Gasteiger partial charge is 0.383 e. The van der Waals surface area contributed by atoms with Gasteiger partial charge in [0, 0.05) is 74.4 Å². The average Bonchev–Trinajstić information content (AvgIpc) is 3.74. The first-order chi connectivity index (χ1) is 23.5. The van der Waals surface area contributed by atoms with Gasteiger partial charge in [0.05, 0.1) is 23.9 Å². The van der Waals surface area contributed by atoms with E-state index in [4.69, 9.17) is 14.5 Å². The number of hydrogen-bond donors (Lipinski definition) is 3. The SMILES string of the molecule is CCc1nc2c(cnn2CC)c(NC2CCOCC2)c1CNC(=O)c1ccc(NC(=O)CCCCCCCN2CCC[C@@H]2COC)cc1. The van der Waals surface area contributed by atoms with Gasteiger partial charge in [0.15, 0.2) is 5.65 Å². The van der Waals surface area contributed by atoms with Crippen LogP contribution < -0.4 is 16.0 Å². The summed E-state index contributed by atoms with van der Waals surface area (Å²) in [4.78, 5) is 33.4. The number of ether oxygens (including phenoxy) is 2. The number of unbranched alkanes of at least 4 members (excludes halogenated alkanes) is 4. The zero-order chi connectivity index (χ0) is 33.7. The maximum Gasteiger partial charge on any atom is 0.251 e. The molecule has 5 rings (SSSR count). The highest BCUT2D eigenvalue weighted by atomic mass is 16.5. The second-order valence-electron chi connectivity index (χ2n) is 13.1. The van der Waals surface area contributed by atoms with Gasteiger partial charge in [-0.05, 0) is 89.2 Å². The molecule has 1 atom stereocenters. The number of benzene rings is 1. The summed E-state index contributed by atoms with van der Waals surface area (Å²) in [5, 5.41) is 15.4. The van der Waals surface area contributed by atoms with Gasteiger partial charge in [-0.1, -0.05) is 26.2 Å². The lowest BCUT2D eigenvalue weighted by atomic mass is 10.0. The second kappa shape index (κ2) is 18.3. The molecule has 0 aliphatic carbocycles. The Morgan fingerprint density at radius 1 is 1.02 bits per heavy atom. The number of pyridine rings is 1. The lowest BCUT2D eigenvalue weighted by Gasteiger charge is -2.26. The number of aromatic nitrogens is 3. The minimum Gasteiger partial charge on any atom is -0.383 e. The minimum absolute atomic E-state index is 0.0117. The molecular weight excluding hydrogens is 606 g/mol. The summed E-state index contributed by atoms with van der Waals surface area (Å²) in [6, 6.07) is 7.99. The van der Waals surface area contributed by atoms with Crippen molar-refractivity contribution >= 4 is 34.2 Å². The molecule has 3 N–H and O–H groups in total. The number of nitrogens with zero attached hydrogens (tertiary/aromatic N) is 4. The van der Waals surface area contributed by atoms with Crippen molar-refractivity contribution in [3.05, 3.63) is 47.3 Å². The average molecular weight is 662 g/mol. The fraction of sp³-hybridized carbons (Fsp3) is 0.622. The number of aryl methyl sites for hydroxylation is 2. The predicted octanol–water partition coefficient (Wildman–Crippen LogP) is 5.92. The van der Waals surface area contributed by atoms with Gasteiger partial charge >= 0.3 is 0 Å². The van der Waals surface area contributed by atoms with Gasteiger partial charge in [-0.3, -0.25) is 14.5 Å². The topological polar surface area (TPSA) is 123 Å². The number of carbonyl (C=O) groups excluding carboxylic acids is 2. The van der Waals surface area contributed by atoms with Gasteiger partial charge in [0.2, 0.25) is 5.91 Å². The van der Waals surface area contributed by atoms with Gasteiger partial charge in [-0.2, -0.15) is 5.10 Å². The molecule has 3 aromatic rings. The van der Waals surface area contributed by atoms with Crippen LogP contribution in [0.4, 0.5) is 11.4 Å². The lowest BCUT2D eigenvalue weighted by molar-refractivity contribution is -0.116. The zero-order valence-corrected chi connectivity index (χ0v) is 29.2. The Bertz CT molecular complexity index is 1470.